The van der Waals surface area contributed by atoms with Crippen molar-refractivity contribution in [3.63, 3.8) is 0 Å². The lowest BCUT2D eigenvalue weighted by molar-refractivity contribution is 0.521. The summed E-state index contributed by atoms with van der Waals surface area (Å²) in [6, 6.07) is 4.00. The highest BCUT2D eigenvalue weighted by atomic mass is 35.5. The molecule has 1 rings (SSSR count). The molecule has 0 saturated carbocycles. The average molecular weight is 213 g/mol. The number of nitrogens with two attached hydrogens (primary N) is 1. The molecule has 1 aromatic rings. The van der Waals surface area contributed by atoms with E-state index in [2.05, 4.69) is 11.3 Å². The molecule has 0 aliphatic carbocycles. The van der Waals surface area contributed by atoms with Crippen molar-refractivity contribution in [3.05, 3.63) is 34.6 Å². The summed E-state index contributed by atoms with van der Waals surface area (Å²) >= 11 is 5.83. The molecular formula is C10H10ClFN2. The molecule has 4 heteroatoms. The minimum Gasteiger partial charge on any atom is -0.271 e. The van der Waals surface area contributed by atoms with E-state index in [4.69, 9.17) is 23.9 Å². The molecule has 0 aromatic heterocycles. The summed E-state index contributed by atoms with van der Waals surface area (Å²) in [4.78, 5) is 0. The van der Waals surface area contributed by atoms with Crippen LogP contribution in [0.4, 0.5) is 4.39 Å². The summed E-state index contributed by atoms with van der Waals surface area (Å²) in [5.74, 6) is 7.25. The molecule has 0 saturated heterocycles. The largest absolute Gasteiger partial charge is 0.271 e. The maximum absolute atomic E-state index is 13.4. The third-order valence-corrected chi connectivity index (χ3v) is 2.20. The van der Waals surface area contributed by atoms with Gasteiger partial charge < -0.3 is 0 Å². The molecule has 14 heavy (non-hydrogen) atoms. The van der Waals surface area contributed by atoms with Crippen molar-refractivity contribution in [2.24, 2.45) is 5.84 Å². The quantitative estimate of drug-likeness (QED) is 0.457. The molecule has 1 unspecified atom stereocenters. The van der Waals surface area contributed by atoms with Gasteiger partial charge in [-0.05, 0) is 12.1 Å². The van der Waals surface area contributed by atoms with E-state index >= 15 is 0 Å². The van der Waals surface area contributed by atoms with Gasteiger partial charge in [0, 0.05) is 17.0 Å². The van der Waals surface area contributed by atoms with Gasteiger partial charge in [-0.1, -0.05) is 17.7 Å². The second-order valence-corrected chi connectivity index (χ2v) is 3.17. The molecular weight excluding hydrogens is 203 g/mol. The number of hydrazine groups is 1. The first-order chi connectivity index (χ1) is 6.70. The van der Waals surface area contributed by atoms with Crippen molar-refractivity contribution in [1.29, 1.82) is 0 Å². The summed E-state index contributed by atoms with van der Waals surface area (Å²) < 4.78 is 13.4. The first kappa shape index (κ1) is 11.0. The smallest absolute Gasteiger partial charge is 0.129 e. The molecule has 2 nitrogen and oxygen atoms in total. The van der Waals surface area contributed by atoms with Gasteiger partial charge in [0.25, 0.3) is 0 Å². The van der Waals surface area contributed by atoms with Crippen LogP contribution in [0.1, 0.15) is 18.0 Å². The minimum absolute atomic E-state index is 0.289. The number of hydrogen-bond donors (Lipinski definition) is 2. The van der Waals surface area contributed by atoms with Gasteiger partial charge >= 0.3 is 0 Å². The fourth-order valence-electron chi connectivity index (χ4n) is 1.21. The lowest BCUT2D eigenvalue weighted by atomic mass is 10.0. The van der Waals surface area contributed by atoms with E-state index < -0.39 is 11.9 Å². The summed E-state index contributed by atoms with van der Waals surface area (Å²) in [6.07, 6.45) is 5.42. The fraction of sp³-hybridized carbons (Fsp3) is 0.200. The highest BCUT2D eigenvalue weighted by molar-refractivity contribution is 6.31. The Hall–Kier alpha value is -1.08. The Kier molecular flexibility index (Phi) is 3.90. The van der Waals surface area contributed by atoms with E-state index in [0.29, 0.717) is 10.6 Å². The first-order valence-corrected chi connectivity index (χ1v) is 4.42. The monoisotopic (exact) mass is 212 g/mol. The zero-order chi connectivity index (χ0) is 10.6. The van der Waals surface area contributed by atoms with Crippen molar-refractivity contribution >= 4 is 11.6 Å². The van der Waals surface area contributed by atoms with Crippen LogP contribution in [0.15, 0.2) is 18.2 Å². The normalized spacial score (nSPS) is 12.1. The number of rotatable bonds is 3. The second-order valence-electron chi connectivity index (χ2n) is 2.76. The van der Waals surface area contributed by atoms with Crippen molar-refractivity contribution in [2.45, 2.75) is 12.5 Å². The number of halogens is 2. The molecule has 3 N–H and O–H groups in total. The van der Waals surface area contributed by atoms with Gasteiger partial charge in [0.15, 0.2) is 0 Å². The van der Waals surface area contributed by atoms with Gasteiger partial charge in [-0.3, -0.25) is 11.3 Å². The summed E-state index contributed by atoms with van der Waals surface area (Å²) in [5, 5.41) is 0.322. The molecule has 0 spiro atoms. The van der Waals surface area contributed by atoms with Gasteiger partial charge in [0.2, 0.25) is 0 Å². The van der Waals surface area contributed by atoms with E-state index in [0.717, 1.165) is 0 Å². The van der Waals surface area contributed by atoms with Gasteiger partial charge in [0.1, 0.15) is 5.82 Å². The lowest BCUT2D eigenvalue weighted by Gasteiger charge is -2.15. The Morgan fingerprint density at radius 3 is 2.86 bits per heavy atom. The number of benzene rings is 1. The summed E-state index contributed by atoms with van der Waals surface area (Å²) in [7, 11) is 0. The van der Waals surface area contributed by atoms with Crippen molar-refractivity contribution < 1.29 is 4.39 Å². The Morgan fingerprint density at radius 2 is 2.36 bits per heavy atom. The minimum atomic E-state index is -0.450. The average Bonchev–Trinajstić information content (AvgIpc) is 2.16. The third kappa shape index (κ3) is 2.24. The van der Waals surface area contributed by atoms with Gasteiger partial charge in [-0.25, -0.2) is 4.39 Å². The van der Waals surface area contributed by atoms with Crippen molar-refractivity contribution in [2.75, 3.05) is 0 Å². The van der Waals surface area contributed by atoms with Crippen LogP contribution in [0.5, 0.6) is 0 Å². The molecule has 0 heterocycles. The van der Waals surface area contributed by atoms with Crippen LogP contribution in [0.2, 0.25) is 5.02 Å². The zero-order valence-electron chi connectivity index (χ0n) is 7.43. The van der Waals surface area contributed by atoms with Crippen molar-refractivity contribution in [3.8, 4) is 12.3 Å². The van der Waals surface area contributed by atoms with Crippen LogP contribution < -0.4 is 11.3 Å². The topological polar surface area (TPSA) is 38.0 Å². The standard InChI is InChI=1S/C10H10ClFN2/c1-2-4-9(14-13)10-7(11)5-3-6-8(10)12/h1,3,5-6,9,14H,4,13H2. The third-order valence-electron chi connectivity index (χ3n) is 1.87. The molecule has 74 valence electrons. The van der Waals surface area contributed by atoms with Gasteiger partial charge in [-0.2, -0.15) is 0 Å². The predicted octanol–water partition coefficient (Wildman–Crippen LogP) is 2.01. The molecule has 0 fully saturated rings. The molecule has 1 atom stereocenters. The molecule has 0 bridgehead atoms. The Morgan fingerprint density at radius 1 is 1.64 bits per heavy atom. The summed E-state index contributed by atoms with van der Waals surface area (Å²) in [6.45, 7) is 0. The zero-order valence-corrected chi connectivity index (χ0v) is 8.18. The highest BCUT2D eigenvalue weighted by Crippen LogP contribution is 2.26. The van der Waals surface area contributed by atoms with Crippen LogP contribution in [0.25, 0.3) is 0 Å². The van der Waals surface area contributed by atoms with E-state index in [1.54, 1.807) is 6.07 Å². The van der Waals surface area contributed by atoms with Gasteiger partial charge in [0.05, 0.1) is 6.04 Å². The van der Waals surface area contributed by atoms with Crippen LogP contribution in [0.3, 0.4) is 0 Å². The first-order valence-electron chi connectivity index (χ1n) is 4.04. The Balaban J connectivity index is 3.09. The Labute approximate surface area is 87.2 Å². The van der Waals surface area contributed by atoms with E-state index in [9.17, 15) is 4.39 Å². The van der Waals surface area contributed by atoms with Crippen LogP contribution in [-0.2, 0) is 0 Å². The maximum atomic E-state index is 13.4. The Bertz CT molecular complexity index is 339. The molecule has 0 aliphatic rings. The van der Waals surface area contributed by atoms with E-state index in [1.807, 2.05) is 0 Å². The fourth-order valence-corrected chi connectivity index (χ4v) is 1.50. The van der Waals surface area contributed by atoms with Gasteiger partial charge in [-0.15, -0.1) is 12.3 Å². The van der Waals surface area contributed by atoms with Crippen LogP contribution in [-0.4, -0.2) is 0 Å². The SMILES string of the molecule is C#CCC(NN)c1c(F)cccc1Cl. The van der Waals surface area contributed by atoms with E-state index in [1.165, 1.54) is 12.1 Å². The molecule has 1 aromatic carbocycles. The van der Waals surface area contributed by atoms with Crippen LogP contribution >= 0.6 is 11.6 Å². The lowest BCUT2D eigenvalue weighted by Crippen LogP contribution is -2.28. The number of hydrogen-bond acceptors (Lipinski definition) is 2. The maximum Gasteiger partial charge on any atom is 0.129 e. The van der Waals surface area contributed by atoms with Crippen molar-refractivity contribution in [1.82, 2.24) is 5.43 Å². The van der Waals surface area contributed by atoms with E-state index in [-0.39, 0.29) is 6.42 Å². The number of nitrogens with one attached hydrogen (secondary N) is 1. The molecule has 0 aliphatic heterocycles. The molecule has 0 radical (unpaired) electrons. The highest BCUT2D eigenvalue weighted by Gasteiger charge is 2.16. The summed E-state index contributed by atoms with van der Waals surface area (Å²) in [5.41, 5.74) is 2.75. The molecule has 0 amide bonds. The second kappa shape index (κ2) is 4.97. The number of terminal acetylenes is 1. The predicted molar refractivity (Wildman–Crippen MR) is 54.9 cm³/mol. The van der Waals surface area contributed by atoms with Crippen LogP contribution in [0, 0.1) is 18.2 Å².